The molecule has 1 aliphatic carbocycles. The molecule has 0 bridgehead atoms. The molecule has 0 saturated heterocycles. The molecule has 2 heteroatoms. The Kier molecular flexibility index (Phi) is 2.46. The smallest absolute Gasteiger partial charge is 0.0937 e. The Morgan fingerprint density at radius 2 is 2.22 bits per heavy atom. The zero-order valence-electron chi connectivity index (χ0n) is 5.65. The lowest BCUT2D eigenvalue weighted by molar-refractivity contribution is 0.177. The van der Waals surface area contributed by atoms with Crippen LogP contribution >= 0.6 is 0 Å². The molecule has 9 heavy (non-hydrogen) atoms. The Hall–Kier alpha value is -0.110. The first kappa shape index (κ1) is 7.00. The molecule has 1 atom stereocenters. The minimum Gasteiger partial charge on any atom is -0.330 e. The number of halogens is 1. The van der Waals surface area contributed by atoms with Gasteiger partial charge in [0.1, 0.15) is 0 Å². The van der Waals surface area contributed by atoms with Gasteiger partial charge in [0, 0.05) is 5.92 Å². The molecule has 0 aromatic carbocycles. The number of nitrogens with two attached hydrogens (primary N) is 1. The maximum atomic E-state index is 12.0. The number of hydrogen-bond donors (Lipinski definition) is 1. The summed E-state index contributed by atoms with van der Waals surface area (Å²) < 4.78 is 12.0. The van der Waals surface area contributed by atoms with Gasteiger partial charge in [-0.3, -0.25) is 4.39 Å². The van der Waals surface area contributed by atoms with Gasteiger partial charge in [0.25, 0.3) is 0 Å². The molecule has 1 aliphatic rings. The summed E-state index contributed by atoms with van der Waals surface area (Å²) in [6, 6.07) is 0. The van der Waals surface area contributed by atoms with Crippen LogP contribution in [-0.4, -0.2) is 13.2 Å². The highest BCUT2D eigenvalue weighted by molar-refractivity contribution is 4.77. The Morgan fingerprint density at radius 3 is 2.33 bits per heavy atom. The molecule has 1 nitrogen and oxygen atoms in total. The van der Waals surface area contributed by atoms with E-state index in [-0.39, 0.29) is 12.6 Å². The Morgan fingerprint density at radius 1 is 1.56 bits per heavy atom. The van der Waals surface area contributed by atoms with Crippen LogP contribution in [0.25, 0.3) is 0 Å². The first-order valence-corrected chi connectivity index (χ1v) is 3.64. The van der Waals surface area contributed by atoms with Crippen LogP contribution in [0.5, 0.6) is 0 Å². The van der Waals surface area contributed by atoms with Gasteiger partial charge >= 0.3 is 0 Å². The van der Waals surface area contributed by atoms with Crippen LogP contribution in [0.4, 0.5) is 4.39 Å². The summed E-state index contributed by atoms with van der Waals surface area (Å²) in [5, 5.41) is 0. The molecule has 1 fully saturated rings. The first-order chi connectivity index (χ1) is 4.38. The molecule has 0 heterocycles. The van der Waals surface area contributed by atoms with Gasteiger partial charge < -0.3 is 5.73 Å². The molecule has 1 saturated carbocycles. The van der Waals surface area contributed by atoms with Crippen LogP contribution in [0.15, 0.2) is 0 Å². The van der Waals surface area contributed by atoms with Gasteiger partial charge in [-0.1, -0.05) is 19.3 Å². The number of rotatable bonds is 3. The van der Waals surface area contributed by atoms with Crippen LogP contribution in [0.3, 0.4) is 0 Å². The monoisotopic (exact) mass is 131 g/mol. The average Bonchev–Trinajstić information content (AvgIpc) is 1.78. The molecule has 0 amide bonds. The van der Waals surface area contributed by atoms with Crippen molar-refractivity contribution in [3.05, 3.63) is 0 Å². The van der Waals surface area contributed by atoms with Gasteiger partial charge in [0.2, 0.25) is 0 Å². The highest BCUT2D eigenvalue weighted by Gasteiger charge is 2.25. The fourth-order valence-corrected chi connectivity index (χ4v) is 1.29. The maximum absolute atomic E-state index is 12.0. The van der Waals surface area contributed by atoms with E-state index in [1.807, 2.05) is 0 Å². The van der Waals surface area contributed by atoms with Crippen molar-refractivity contribution in [2.45, 2.75) is 19.3 Å². The summed E-state index contributed by atoms with van der Waals surface area (Å²) in [4.78, 5) is 0. The molecular weight excluding hydrogens is 117 g/mol. The molecule has 1 unspecified atom stereocenters. The van der Waals surface area contributed by atoms with E-state index < -0.39 is 0 Å². The fraction of sp³-hybridized carbons (Fsp3) is 1.00. The van der Waals surface area contributed by atoms with Crippen molar-refractivity contribution in [2.75, 3.05) is 13.2 Å². The quantitative estimate of drug-likeness (QED) is 0.614. The summed E-state index contributed by atoms with van der Waals surface area (Å²) in [7, 11) is 0. The molecule has 0 aromatic rings. The van der Waals surface area contributed by atoms with E-state index >= 15 is 0 Å². The van der Waals surface area contributed by atoms with Crippen LogP contribution in [-0.2, 0) is 0 Å². The largest absolute Gasteiger partial charge is 0.330 e. The second kappa shape index (κ2) is 3.16. The van der Waals surface area contributed by atoms with E-state index in [0.717, 1.165) is 0 Å². The van der Waals surface area contributed by atoms with Crippen molar-refractivity contribution >= 4 is 0 Å². The summed E-state index contributed by atoms with van der Waals surface area (Å²) in [5.41, 5.74) is 5.35. The maximum Gasteiger partial charge on any atom is 0.0937 e. The van der Waals surface area contributed by atoms with Crippen molar-refractivity contribution in [1.82, 2.24) is 0 Å². The third kappa shape index (κ3) is 1.42. The molecule has 0 radical (unpaired) electrons. The van der Waals surface area contributed by atoms with Gasteiger partial charge in [0.15, 0.2) is 0 Å². The van der Waals surface area contributed by atoms with Gasteiger partial charge in [-0.15, -0.1) is 0 Å². The topological polar surface area (TPSA) is 26.0 Å². The predicted octanol–water partition coefficient (Wildman–Crippen LogP) is 1.33. The molecule has 1 rings (SSSR count). The van der Waals surface area contributed by atoms with Crippen molar-refractivity contribution in [2.24, 2.45) is 17.6 Å². The van der Waals surface area contributed by atoms with E-state index in [1.165, 1.54) is 19.3 Å². The highest BCUT2D eigenvalue weighted by Crippen LogP contribution is 2.32. The van der Waals surface area contributed by atoms with E-state index in [1.54, 1.807) is 0 Å². The molecule has 0 aliphatic heterocycles. The van der Waals surface area contributed by atoms with Crippen molar-refractivity contribution in [3.8, 4) is 0 Å². The van der Waals surface area contributed by atoms with Crippen molar-refractivity contribution < 1.29 is 4.39 Å². The van der Waals surface area contributed by atoms with Crippen LogP contribution in [0, 0.1) is 11.8 Å². The van der Waals surface area contributed by atoms with Crippen molar-refractivity contribution in [1.29, 1.82) is 0 Å². The lowest BCUT2D eigenvalue weighted by Gasteiger charge is -2.31. The Bertz CT molecular complexity index is 77.0. The zero-order valence-corrected chi connectivity index (χ0v) is 5.65. The minimum atomic E-state index is -0.221. The standard InChI is InChI=1S/C7H14FN/c8-4-7(5-9)6-2-1-3-6/h6-7H,1-5,9H2. The van der Waals surface area contributed by atoms with Gasteiger partial charge in [-0.05, 0) is 12.5 Å². The summed E-state index contributed by atoms with van der Waals surface area (Å²) >= 11 is 0. The fourth-order valence-electron chi connectivity index (χ4n) is 1.29. The summed E-state index contributed by atoms with van der Waals surface area (Å²) in [6.45, 7) is 0.308. The predicted molar refractivity (Wildman–Crippen MR) is 35.9 cm³/mol. The molecular formula is C7H14FN. The first-order valence-electron chi connectivity index (χ1n) is 3.64. The lowest BCUT2D eigenvalue weighted by Crippen LogP contribution is -2.29. The van der Waals surface area contributed by atoms with E-state index in [0.29, 0.717) is 12.5 Å². The minimum absolute atomic E-state index is 0.166. The molecule has 54 valence electrons. The highest BCUT2D eigenvalue weighted by atomic mass is 19.1. The van der Waals surface area contributed by atoms with Crippen LogP contribution in [0.1, 0.15) is 19.3 Å². The zero-order chi connectivity index (χ0) is 6.69. The molecule has 0 spiro atoms. The van der Waals surface area contributed by atoms with Gasteiger partial charge in [-0.25, -0.2) is 0 Å². The SMILES string of the molecule is NCC(CF)C1CCC1. The Balaban J connectivity index is 2.19. The molecule has 0 aromatic heterocycles. The summed E-state index contributed by atoms with van der Waals surface area (Å²) in [6.07, 6.45) is 3.68. The second-order valence-corrected chi connectivity index (χ2v) is 2.84. The number of alkyl halides is 1. The molecule has 2 N–H and O–H groups in total. The third-order valence-electron chi connectivity index (χ3n) is 2.32. The van der Waals surface area contributed by atoms with Crippen molar-refractivity contribution in [3.63, 3.8) is 0 Å². The van der Waals surface area contributed by atoms with E-state index in [9.17, 15) is 4.39 Å². The summed E-state index contributed by atoms with van der Waals surface area (Å²) in [5.74, 6) is 0.777. The van der Waals surface area contributed by atoms with Gasteiger partial charge in [-0.2, -0.15) is 0 Å². The van der Waals surface area contributed by atoms with E-state index in [2.05, 4.69) is 0 Å². The lowest BCUT2D eigenvalue weighted by atomic mass is 9.76. The van der Waals surface area contributed by atoms with Crippen LogP contribution < -0.4 is 5.73 Å². The van der Waals surface area contributed by atoms with E-state index in [4.69, 9.17) is 5.73 Å². The number of hydrogen-bond acceptors (Lipinski definition) is 1. The third-order valence-corrected chi connectivity index (χ3v) is 2.32. The average molecular weight is 131 g/mol. The Labute approximate surface area is 55.4 Å². The normalized spacial score (nSPS) is 23.3. The van der Waals surface area contributed by atoms with Crippen LogP contribution in [0.2, 0.25) is 0 Å². The van der Waals surface area contributed by atoms with Gasteiger partial charge in [0.05, 0.1) is 6.67 Å². The second-order valence-electron chi connectivity index (χ2n) is 2.84.